The molecule has 3 rings (SSSR count). The molecule has 0 aromatic heterocycles. The summed E-state index contributed by atoms with van der Waals surface area (Å²) in [5, 5.41) is 2.43. The molecule has 0 N–H and O–H groups in total. The van der Waals surface area contributed by atoms with Crippen LogP contribution in [-0.4, -0.2) is 13.7 Å². The molecular formula is C22H21O2P. The van der Waals surface area contributed by atoms with Crippen LogP contribution >= 0.6 is 7.14 Å². The molecule has 0 bridgehead atoms. The first kappa shape index (κ1) is 17.4. The number of methoxy groups -OCH3 is 1. The fraction of sp³-hybridized carbons (Fsp3) is 0.0909. The molecule has 0 unspecified atom stereocenters. The van der Waals surface area contributed by atoms with Crippen molar-refractivity contribution in [2.24, 2.45) is 0 Å². The standard InChI is InChI=1S/C22H21O2P/c1-24-18-22(17-19-11-5-2-6-12-19)25(23,20-13-7-3-8-14-20)21-15-9-4-10-16-21/h2-17H,18H2,1H3/b22-17-. The summed E-state index contributed by atoms with van der Waals surface area (Å²) in [6.07, 6.45) is 1.99. The Bertz CT molecular complexity index is 828. The Morgan fingerprint density at radius 1 is 0.800 bits per heavy atom. The average molecular weight is 348 g/mol. The van der Waals surface area contributed by atoms with Crippen LogP contribution in [0.25, 0.3) is 6.08 Å². The van der Waals surface area contributed by atoms with E-state index >= 15 is 0 Å². The largest absolute Gasteiger partial charge is 0.380 e. The average Bonchev–Trinajstić information content (AvgIpc) is 2.69. The lowest BCUT2D eigenvalue weighted by Crippen LogP contribution is -2.19. The minimum Gasteiger partial charge on any atom is -0.380 e. The second kappa shape index (κ2) is 8.11. The van der Waals surface area contributed by atoms with Crippen molar-refractivity contribution in [1.82, 2.24) is 0 Å². The van der Waals surface area contributed by atoms with Crippen LogP contribution in [0.5, 0.6) is 0 Å². The van der Waals surface area contributed by atoms with Gasteiger partial charge in [0, 0.05) is 23.0 Å². The predicted molar refractivity (Wildman–Crippen MR) is 106 cm³/mol. The van der Waals surface area contributed by atoms with Crippen LogP contribution in [0.4, 0.5) is 0 Å². The van der Waals surface area contributed by atoms with E-state index in [4.69, 9.17) is 4.74 Å². The summed E-state index contributed by atoms with van der Waals surface area (Å²) >= 11 is 0. The van der Waals surface area contributed by atoms with Gasteiger partial charge >= 0.3 is 0 Å². The van der Waals surface area contributed by atoms with Crippen LogP contribution in [0, 0.1) is 0 Å². The molecule has 0 radical (unpaired) electrons. The molecule has 3 aromatic rings. The molecule has 3 aromatic carbocycles. The van der Waals surface area contributed by atoms with E-state index in [-0.39, 0.29) is 0 Å². The number of rotatable bonds is 6. The van der Waals surface area contributed by atoms with Gasteiger partial charge in [-0.2, -0.15) is 0 Å². The van der Waals surface area contributed by atoms with Crippen molar-refractivity contribution >= 4 is 23.8 Å². The van der Waals surface area contributed by atoms with Crippen LogP contribution < -0.4 is 10.6 Å². The second-order valence-corrected chi connectivity index (χ2v) is 8.59. The third-order valence-corrected chi connectivity index (χ3v) is 7.19. The highest BCUT2D eigenvalue weighted by Gasteiger charge is 2.31. The Kier molecular flexibility index (Phi) is 5.65. The smallest absolute Gasteiger partial charge is 0.169 e. The van der Waals surface area contributed by atoms with Crippen LogP contribution in [-0.2, 0) is 9.30 Å². The van der Waals surface area contributed by atoms with E-state index in [9.17, 15) is 4.57 Å². The van der Waals surface area contributed by atoms with Gasteiger partial charge in [0.05, 0.1) is 6.61 Å². The fourth-order valence-electron chi connectivity index (χ4n) is 2.87. The van der Waals surface area contributed by atoms with E-state index in [0.29, 0.717) is 6.61 Å². The molecule has 0 heterocycles. The van der Waals surface area contributed by atoms with E-state index < -0.39 is 7.14 Å². The molecule has 0 aliphatic carbocycles. The summed E-state index contributed by atoms with van der Waals surface area (Å²) in [6, 6.07) is 29.3. The first-order chi connectivity index (χ1) is 12.2. The summed E-state index contributed by atoms with van der Waals surface area (Å²) < 4.78 is 19.8. The van der Waals surface area contributed by atoms with Crippen molar-refractivity contribution < 1.29 is 9.30 Å². The van der Waals surface area contributed by atoms with E-state index in [0.717, 1.165) is 21.5 Å². The highest BCUT2D eigenvalue weighted by atomic mass is 31.2. The minimum absolute atomic E-state index is 0.315. The summed E-state index contributed by atoms with van der Waals surface area (Å²) in [5.74, 6) is 0. The summed E-state index contributed by atoms with van der Waals surface area (Å²) in [6.45, 7) is 0.315. The molecule has 0 fully saturated rings. The predicted octanol–water partition coefficient (Wildman–Crippen LogP) is 4.69. The Balaban J connectivity index is 2.22. The molecule has 0 atom stereocenters. The zero-order valence-electron chi connectivity index (χ0n) is 14.2. The maximum atomic E-state index is 14.4. The Morgan fingerprint density at radius 2 is 1.24 bits per heavy atom. The molecule has 25 heavy (non-hydrogen) atoms. The first-order valence-electron chi connectivity index (χ1n) is 8.21. The van der Waals surface area contributed by atoms with Gasteiger partial charge in [-0.1, -0.05) is 91.0 Å². The molecule has 0 spiro atoms. The zero-order chi connectivity index (χ0) is 17.5. The SMILES string of the molecule is COC/C(=C/c1ccccc1)P(=O)(c1ccccc1)c1ccccc1. The van der Waals surface area contributed by atoms with E-state index in [1.54, 1.807) is 7.11 Å². The van der Waals surface area contributed by atoms with Crippen molar-refractivity contribution in [2.75, 3.05) is 13.7 Å². The van der Waals surface area contributed by atoms with Crippen molar-refractivity contribution in [1.29, 1.82) is 0 Å². The summed E-state index contributed by atoms with van der Waals surface area (Å²) in [7, 11) is -1.34. The molecule has 2 nitrogen and oxygen atoms in total. The maximum absolute atomic E-state index is 14.4. The van der Waals surface area contributed by atoms with Crippen molar-refractivity contribution in [2.45, 2.75) is 0 Å². The summed E-state index contributed by atoms with van der Waals surface area (Å²) in [5.41, 5.74) is 1.02. The van der Waals surface area contributed by atoms with Gasteiger partial charge in [-0.05, 0) is 11.6 Å². The van der Waals surface area contributed by atoms with Gasteiger partial charge in [0.1, 0.15) is 0 Å². The van der Waals surface area contributed by atoms with Gasteiger partial charge in [-0.3, -0.25) is 0 Å². The topological polar surface area (TPSA) is 26.3 Å². The molecule has 0 aliphatic heterocycles. The number of hydrogen-bond acceptors (Lipinski definition) is 2. The Morgan fingerprint density at radius 3 is 1.68 bits per heavy atom. The van der Waals surface area contributed by atoms with E-state index in [2.05, 4.69) is 0 Å². The molecule has 126 valence electrons. The lowest BCUT2D eigenvalue weighted by molar-refractivity contribution is 0.231. The monoisotopic (exact) mass is 348 g/mol. The molecule has 0 saturated carbocycles. The van der Waals surface area contributed by atoms with Gasteiger partial charge < -0.3 is 9.30 Å². The minimum atomic E-state index is -2.98. The first-order valence-corrected chi connectivity index (χ1v) is 9.92. The lowest BCUT2D eigenvalue weighted by Gasteiger charge is -2.22. The van der Waals surface area contributed by atoms with Gasteiger partial charge in [0.15, 0.2) is 7.14 Å². The van der Waals surface area contributed by atoms with Crippen molar-refractivity contribution in [3.8, 4) is 0 Å². The van der Waals surface area contributed by atoms with Crippen molar-refractivity contribution in [3.05, 3.63) is 102 Å². The van der Waals surface area contributed by atoms with Gasteiger partial charge in [0.25, 0.3) is 0 Å². The summed E-state index contributed by atoms with van der Waals surface area (Å²) in [4.78, 5) is 0. The molecular weight excluding hydrogens is 327 g/mol. The van der Waals surface area contributed by atoms with Crippen LogP contribution in [0.15, 0.2) is 96.3 Å². The Labute approximate surface area is 149 Å². The molecule has 3 heteroatoms. The highest BCUT2D eigenvalue weighted by Crippen LogP contribution is 2.52. The van der Waals surface area contributed by atoms with E-state index in [1.807, 2.05) is 97.1 Å². The van der Waals surface area contributed by atoms with Crippen LogP contribution in [0.1, 0.15) is 5.56 Å². The maximum Gasteiger partial charge on any atom is 0.169 e. The van der Waals surface area contributed by atoms with Gasteiger partial charge in [0.2, 0.25) is 0 Å². The van der Waals surface area contributed by atoms with Crippen LogP contribution in [0.3, 0.4) is 0 Å². The zero-order valence-corrected chi connectivity index (χ0v) is 15.1. The van der Waals surface area contributed by atoms with Gasteiger partial charge in [-0.15, -0.1) is 0 Å². The third-order valence-electron chi connectivity index (χ3n) is 4.07. The normalized spacial score (nSPS) is 12.1. The lowest BCUT2D eigenvalue weighted by atomic mass is 10.2. The molecule has 0 amide bonds. The molecule has 0 saturated heterocycles. The number of ether oxygens (including phenoxy) is 1. The third kappa shape index (κ3) is 3.82. The van der Waals surface area contributed by atoms with Crippen molar-refractivity contribution in [3.63, 3.8) is 0 Å². The molecule has 0 aliphatic rings. The number of hydrogen-bond donors (Lipinski definition) is 0. The number of benzene rings is 3. The fourth-order valence-corrected chi connectivity index (χ4v) is 5.66. The quantitative estimate of drug-likeness (QED) is 0.604. The van der Waals surface area contributed by atoms with Crippen LogP contribution in [0.2, 0.25) is 0 Å². The Hall–Kier alpha value is -2.41. The second-order valence-electron chi connectivity index (χ2n) is 5.76. The highest BCUT2D eigenvalue weighted by molar-refractivity contribution is 7.82. The van der Waals surface area contributed by atoms with Gasteiger partial charge in [-0.25, -0.2) is 0 Å². The van der Waals surface area contributed by atoms with E-state index in [1.165, 1.54) is 0 Å².